The smallest absolute Gasteiger partial charge is 0.248 e. The number of amides is 1. The molecule has 0 heterocycles. The quantitative estimate of drug-likeness (QED) is 0.810. The van der Waals surface area contributed by atoms with E-state index >= 15 is 0 Å². The van der Waals surface area contributed by atoms with Crippen molar-refractivity contribution in [2.45, 2.75) is 32.9 Å². The van der Waals surface area contributed by atoms with Gasteiger partial charge in [0.05, 0.1) is 13.2 Å². The highest BCUT2D eigenvalue weighted by atomic mass is 16.5. The standard InChI is InChI=1S/C13H20N2O2/c1-9-6-10(12(14)16)4-5-11(9)7-17-8-13(2,3)15/h4-6H,7-8,15H2,1-3H3,(H2,14,16). The van der Waals surface area contributed by atoms with Crippen LogP contribution in [0.1, 0.15) is 35.3 Å². The Morgan fingerprint density at radius 2 is 2.06 bits per heavy atom. The molecule has 1 aromatic rings. The molecule has 0 radical (unpaired) electrons. The monoisotopic (exact) mass is 236 g/mol. The number of aryl methyl sites for hydroxylation is 1. The van der Waals surface area contributed by atoms with Crippen molar-refractivity contribution in [3.63, 3.8) is 0 Å². The minimum Gasteiger partial charge on any atom is -0.375 e. The lowest BCUT2D eigenvalue weighted by molar-refractivity contribution is 0.0847. The minimum atomic E-state index is -0.413. The molecule has 0 spiro atoms. The summed E-state index contributed by atoms with van der Waals surface area (Å²) in [5.41, 5.74) is 13.2. The molecule has 0 fully saturated rings. The van der Waals surface area contributed by atoms with E-state index in [9.17, 15) is 4.79 Å². The summed E-state index contributed by atoms with van der Waals surface area (Å²) in [4.78, 5) is 11.0. The van der Waals surface area contributed by atoms with Crippen LogP contribution in [0.5, 0.6) is 0 Å². The Kier molecular flexibility index (Phi) is 4.26. The zero-order valence-corrected chi connectivity index (χ0v) is 10.6. The van der Waals surface area contributed by atoms with E-state index in [0.717, 1.165) is 11.1 Å². The van der Waals surface area contributed by atoms with Gasteiger partial charge in [-0.15, -0.1) is 0 Å². The van der Waals surface area contributed by atoms with Gasteiger partial charge in [0.2, 0.25) is 5.91 Å². The summed E-state index contributed by atoms with van der Waals surface area (Å²) in [6.07, 6.45) is 0. The summed E-state index contributed by atoms with van der Waals surface area (Å²) in [6.45, 7) is 6.74. The number of ether oxygens (including phenoxy) is 1. The van der Waals surface area contributed by atoms with Crippen molar-refractivity contribution in [1.82, 2.24) is 0 Å². The first-order valence-electron chi connectivity index (χ1n) is 5.55. The maximum atomic E-state index is 11.0. The van der Waals surface area contributed by atoms with Crippen molar-refractivity contribution in [1.29, 1.82) is 0 Å². The Morgan fingerprint density at radius 3 is 2.53 bits per heavy atom. The van der Waals surface area contributed by atoms with Gasteiger partial charge in [-0.3, -0.25) is 4.79 Å². The van der Waals surface area contributed by atoms with E-state index in [1.807, 2.05) is 26.8 Å². The molecule has 4 nitrogen and oxygen atoms in total. The SMILES string of the molecule is Cc1cc(C(N)=O)ccc1COCC(C)(C)N. The molecule has 1 rings (SSSR count). The van der Waals surface area contributed by atoms with Crippen molar-refractivity contribution in [2.24, 2.45) is 11.5 Å². The maximum absolute atomic E-state index is 11.0. The molecule has 17 heavy (non-hydrogen) atoms. The molecule has 4 N–H and O–H groups in total. The van der Waals surface area contributed by atoms with Gasteiger partial charge < -0.3 is 16.2 Å². The number of rotatable bonds is 5. The van der Waals surface area contributed by atoms with E-state index in [2.05, 4.69) is 0 Å². The summed E-state index contributed by atoms with van der Waals surface area (Å²) in [7, 11) is 0. The third-order valence-corrected chi connectivity index (χ3v) is 2.36. The number of hydrogen-bond donors (Lipinski definition) is 2. The van der Waals surface area contributed by atoms with Gasteiger partial charge in [-0.05, 0) is 44.0 Å². The van der Waals surface area contributed by atoms with Crippen molar-refractivity contribution >= 4 is 5.91 Å². The molecule has 0 atom stereocenters. The van der Waals surface area contributed by atoms with Crippen LogP contribution in [0.25, 0.3) is 0 Å². The molecule has 1 aromatic carbocycles. The lowest BCUT2D eigenvalue weighted by atomic mass is 10.1. The molecule has 4 heteroatoms. The Balaban J connectivity index is 2.64. The summed E-state index contributed by atoms with van der Waals surface area (Å²) in [5.74, 6) is -0.413. The maximum Gasteiger partial charge on any atom is 0.248 e. The zero-order valence-electron chi connectivity index (χ0n) is 10.6. The van der Waals surface area contributed by atoms with Crippen LogP contribution in [0, 0.1) is 6.92 Å². The van der Waals surface area contributed by atoms with E-state index in [0.29, 0.717) is 18.8 Å². The van der Waals surface area contributed by atoms with Crippen LogP contribution in [0.4, 0.5) is 0 Å². The van der Waals surface area contributed by atoms with E-state index in [-0.39, 0.29) is 5.54 Å². The Morgan fingerprint density at radius 1 is 1.41 bits per heavy atom. The zero-order chi connectivity index (χ0) is 13.1. The summed E-state index contributed by atoms with van der Waals surface area (Å²) < 4.78 is 5.52. The van der Waals surface area contributed by atoms with Gasteiger partial charge in [0.1, 0.15) is 0 Å². The summed E-state index contributed by atoms with van der Waals surface area (Å²) >= 11 is 0. The Labute approximate surface area is 102 Å². The average molecular weight is 236 g/mol. The fourth-order valence-corrected chi connectivity index (χ4v) is 1.44. The first-order valence-corrected chi connectivity index (χ1v) is 5.55. The molecule has 0 saturated carbocycles. The van der Waals surface area contributed by atoms with Gasteiger partial charge in [0.25, 0.3) is 0 Å². The molecule has 0 aliphatic heterocycles. The molecule has 0 aliphatic rings. The molecule has 0 aromatic heterocycles. The molecule has 0 bridgehead atoms. The topological polar surface area (TPSA) is 78.3 Å². The fourth-order valence-electron chi connectivity index (χ4n) is 1.44. The average Bonchev–Trinajstić information content (AvgIpc) is 2.18. The van der Waals surface area contributed by atoms with E-state index < -0.39 is 5.91 Å². The van der Waals surface area contributed by atoms with Crippen LogP contribution in [-0.2, 0) is 11.3 Å². The highest BCUT2D eigenvalue weighted by molar-refractivity contribution is 5.93. The number of carbonyl (C=O) groups excluding carboxylic acids is 1. The van der Waals surface area contributed by atoms with Crippen LogP contribution in [-0.4, -0.2) is 18.1 Å². The number of primary amides is 1. The summed E-state index contributed by atoms with van der Waals surface area (Å²) in [5, 5.41) is 0. The van der Waals surface area contributed by atoms with Gasteiger partial charge in [-0.2, -0.15) is 0 Å². The van der Waals surface area contributed by atoms with Crippen LogP contribution in [0.2, 0.25) is 0 Å². The van der Waals surface area contributed by atoms with Gasteiger partial charge >= 0.3 is 0 Å². The summed E-state index contributed by atoms with van der Waals surface area (Å²) in [6, 6.07) is 5.34. The fraction of sp³-hybridized carbons (Fsp3) is 0.462. The highest BCUT2D eigenvalue weighted by Gasteiger charge is 2.11. The van der Waals surface area contributed by atoms with E-state index in [4.69, 9.17) is 16.2 Å². The molecule has 0 aliphatic carbocycles. The first-order chi connectivity index (χ1) is 7.79. The van der Waals surface area contributed by atoms with Crippen LogP contribution < -0.4 is 11.5 Å². The molecule has 94 valence electrons. The first kappa shape index (κ1) is 13.7. The predicted molar refractivity (Wildman–Crippen MR) is 67.6 cm³/mol. The predicted octanol–water partition coefficient (Wildman–Crippen LogP) is 1.35. The molecule has 0 saturated heterocycles. The van der Waals surface area contributed by atoms with Crippen molar-refractivity contribution in [3.8, 4) is 0 Å². The lowest BCUT2D eigenvalue weighted by Gasteiger charge is -2.18. The third-order valence-electron chi connectivity index (χ3n) is 2.36. The van der Waals surface area contributed by atoms with E-state index in [1.54, 1.807) is 12.1 Å². The normalized spacial score (nSPS) is 11.5. The lowest BCUT2D eigenvalue weighted by Crippen LogP contribution is -2.37. The third kappa shape index (κ3) is 4.54. The second kappa shape index (κ2) is 5.29. The van der Waals surface area contributed by atoms with Crippen LogP contribution in [0.15, 0.2) is 18.2 Å². The van der Waals surface area contributed by atoms with Crippen molar-refractivity contribution in [3.05, 3.63) is 34.9 Å². The second-order valence-corrected chi connectivity index (χ2v) is 4.99. The molecule has 0 unspecified atom stereocenters. The Bertz CT molecular complexity index is 408. The van der Waals surface area contributed by atoms with Gasteiger partial charge in [0, 0.05) is 11.1 Å². The molecular weight excluding hydrogens is 216 g/mol. The largest absolute Gasteiger partial charge is 0.375 e. The van der Waals surface area contributed by atoms with Crippen LogP contribution >= 0.6 is 0 Å². The second-order valence-electron chi connectivity index (χ2n) is 4.99. The van der Waals surface area contributed by atoms with Gasteiger partial charge in [-0.1, -0.05) is 6.07 Å². The molecular formula is C13H20N2O2. The van der Waals surface area contributed by atoms with Crippen molar-refractivity contribution in [2.75, 3.05) is 6.61 Å². The van der Waals surface area contributed by atoms with Gasteiger partial charge in [0.15, 0.2) is 0 Å². The van der Waals surface area contributed by atoms with Gasteiger partial charge in [-0.25, -0.2) is 0 Å². The highest BCUT2D eigenvalue weighted by Crippen LogP contribution is 2.12. The number of hydrogen-bond acceptors (Lipinski definition) is 3. The number of benzene rings is 1. The van der Waals surface area contributed by atoms with Crippen molar-refractivity contribution < 1.29 is 9.53 Å². The van der Waals surface area contributed by atoms with E-state index in [1.165, 1.54) is 0 Å². The minimum absolute atomic E-state index is 0.332. The van der Waals surface area contributed by atoms with Crippen LogP contribution in [0.3, 0.4) is 0 Å². The number of carbonyl (C=O) groups is 1. The number of nitrogens with two attached hydrogens (primary N) is 2. The Hall–Kier alpha value is -1.39. The molecule has 1 amide bonds.